The van der Waals surface area contributed by atoms with Crippen LogP contribution in [0.4, 0.5) is 22.4 Å². The molecule has 0 saturated heterocycles. The van der Waals surface area contributed by atoms with Crippen LogP contribution >= 0.6 is 0 Å². The molecule has 5 nitrogen and oxygen atoms in total. The van der Waals surface area contributed by atoms with Crippen LogP contribution in [0.3, 0.4) is 0 Å². The smallest absolute Gasteiger partial charge is 0.419 e. The molecule has 0 aliphatic heterocycles. The Morgan fingerprint density at radius 3 is 2.36 bits per heavy atom. The maximum absolute atomic E-state index is 13.2. The zero-order chi connectivity index (χ0) is 19.4. The fourth-order valence-corrected chi connectivity index (χ4v) is 1.96. The van der Waals surface area contributed by atoms with E-state index in [1.807, 2.05) is 0 Å². The van der Waals surface area contributed by atoms with E-state index in [-0.39, 0.29) is 18.5 Å². The Bertz CT molecular complexity index is 599. The molecule has 0 aliphatic carbocycles. The third-order valence-corrected chi connectivity index (χ3v) is 3.11. The number of aliphatic hydroxyl groups excluding tert-OH is 2. The Balaban J connectivity index is 2.65. The molecule has 0 heterocycles. The number of alkyl carbamates (subject to hydrolysis) is 1. The van der Waals surface area contributed by atoms with E-state index in [1.54, 1.807) is 20.8 Å². The normalized spacial score (nSPS) is 14.8. The van der Waals surface area contributed by atoms with Gasteiger partial charge in [-0.25, -0.2) is 9.18 Å². The molecule has 0 fully saturated rings. The van der Waals surface area contributed by atoms with Crippen molar-refractivity contribution in [3.63, 3.8) is 0 Å². The number of alkyl halides is 3. The lowest BCUT2D eigenvalue weighted by Gasteiger charge is -2.21. The lowest BCUT2D eigenvalue weighted by atomic mass is 9.99. The number of amides is 1. The number of aliphatic hydroxyl groups is 2. The van der Waals surface area contributed by atoms with Crippen molar-refractivity contribution < 1.29 is 37.3 Å². The maximum Gasteiger partial charge on any atom is 0.419 e. The number of ether oxygens (including phenoxy) is 1. The molecule has 0 bridgehead atoms. The molecule has 2 unspecified atom stereocenters. The van der Waals surface area contributed by atoms with E-state index in [9.17, 15) is 32.6 Å². The number of carbonyl (C=O) groups is 1. The monoisotopic (exact) mass is 367 g/mol. The summed E-state index contributed by atoms with van der Waals surface area (Å²) in [7, 11) is 0. The van der Waals surface area contributed by atoms with Gasteiger partial charge in [-0.2, -0.15) is 13.2 Å². The Hall–Kier alpha value is -1.87. The summed E-state index contributed by atoms with van der Waals surface area (Å²) < 4.78 is 56.2. The molecule has 9 heteroatoms. The van der Waals surface area contributed by atoms with Crippen molar-refractivity contribution in [2.45, 2.75) is 51.2 Å². The largest absolute Gasteiger partial charge is 0.444 e. The molecule has 142 valence electrons. The highest BCUT2D eigenvalue weighted by Crippen LogP contribution is 2.33. The summed E-state index contributed by atoms with van der Waals surface area (Å²) in [6.07, 6.45) is -8.90. The highest BCUT2D eigenvalue weighted by atomic mass is 19.4. The highest BCUT2D eigenvalue weighted by Gasteiger charge is 2.35. The van der Waals surface area contributed by atoms with Crippen molar-refractivity contribution in [2.75, 3.05) is 6.54 Å². The highest BCUT2D eigenvalue weighted by molar-refractivity contribution is 5.67. The summed E-state index contributed by atoms with van der Waals surface area (Å²) >= 11 is 0. The van der Waals surface area contributed by atoms with Gasteiger partial charge in [0.25, 0.3) is 0 Å². The summed E-state index contributed by atoms with van der Waals surface area (Å²) in [5.41, 5.74) is -2.51. The predicted molar refractivity (Wildman–Crippen MR) is 81.2 cm³/mol. The second kappa shape index (κ2) is 8.01. The molecule has 0 spiro atoms. The van der Waals surface area contributed by atoms with E-state index < -0.39 is 41.5 Å². The number of carbonyl (C=O) groups excluding carboxylic acids is 1. The Morgan fingerprint density at radius 2 is 1.84 bits per heavy atom. The molecule has 1 rings (SSSR count). The molecular formula is C16H21F4NO4. The average Bonchev–Trinajstić information content (AvgIpc) is 2.43. The van der Waals surface area contributed by atoms with Crippen molar-refractivity contribution in [1.29, 1.82) is 0 Å². The minimum absolute atomic E-state index is 0.0690. The Labute approximate surface area is 142 Å². The standard InChI is InChI=1S/C16H21F4NO4/c1-15(2,3)25-14(24)21-7-6-12(22)13(23)9-4-5-11(17)10(8-9)16(18,19)20/h4-5,8,12-13,22-23H,6-7H2,1-3H3,(H,21,24). The summed E-state index contributed by atoms with van der Waals surface area (Å²) in [6.45, 7) is 4.92. The van der Waals surface area contributed by atoms with E-state index in [1.165, 1.54) is 0 Å². The van der Waals surface area contributed by atoms with E-state index in [2.05, 4.69) is 5.32 Å². The SMILES string of the molecule is CC(C)(C)OC(=O)NCCC(O)C(O)c1ccc(F)c(C(F)(F)F)c1. The molecule has 25 heavy (non-hydrogen) atoms. The third kappa shape index (κ3) is 6.87. The van der Waals surface area contributed by atoms with Gasteiger partial charge in [0.15, 0.2) is 0 Å². The van der Waals surface area contributed by atoms with E-state index in [0.29, 0.717) is 12.1 Å². The average molecular weight is 367 g/mol. The van der Waals surface area contributed by atoms with Crippen LogP contribution in [0.2, 0.25) is 0 Å². The summed E-state index contributed by atoms with van der Waals surface area (Å²) in [5, 5.41) is 22.1. The van der Waals surface area contributed by atoms with E-state index in [4.69, 9.17) is 4.74 Å². The first-order valence-corrected chi connectivity index (χ1v) is 7.51. The van der Waals surface area contributed by atoms with Crippen LogP contribution in [0.15, 0.2) is 18.2 Å². The van der Waals surface area contributed by atoms with Gasteiger partial charge < -0.3 is 20.3 Å². The second-order valence-electron chi connectivity index (χ2n) is 6.47. The molecule has 1 aromatic carbocycles. The Kier molecular flexibility index (Phi) is 6.78. The number of nitrogens with one attached hydrogen (secondary N) is 1. The van der Waals surface area contributed by atoms with Crippen LogP contribution < -0.4 is 5.32 Å². The minimum atomic E-state index is -4.91. The second-order valence-corrected chi connectivity index (χ2v) is 6.47. The van der Waals surface area contributed by atoms with Crippen LogP contribution in [0.5, 0.6) is 0 Å². The lowest BCUT2D eigenvalue weighted by molar-refractivity contribution is -0.140. The van der Waals surface area contributed by atoms with Crippen molar-refractivity contribution in [1.82, 2.24) is 5.32 Å². The number of benzene rings is 1. The van der Waals surface area contributed by atoms with Crippen molar-refractivity contribution >= 4 is 6.09 Å². The third-order valence-electron chi connectivity index (χ3n) is 3.11. The zero-order valence-corrected chi connectivity index (χ0v) is 14.0. The van der Waals surface area contributed by atoms with Gasteiger partial charge in [-0.3, -0.25) is 0 Å². The first kappa shape index (κ1) is 21.2. The zero-order valence-electron chi connectivity index (χ0n) is 14.0. The molecule has 0 aromatic heterocycles. The minimum Gasteiger partial charge on any atom is -0.444 e. The molecule has 0 saturated carbocycles. The van der Waals surface area contributed by atoms with Crippen LogP contribution in [-0.2, 0) is 10.9 Å². The predicted octanol–water partition coefficient (Wildman–Crippen LogP) is 3.15. The van der Waals surface area contributed by atoms with Gasteiger partial charge in [-0.1, -0.05) is 6.07 Å². The summed E-state index contributed by atoms with van der Waals surface area (Å²) in [6, 6.07) is 1.98. The Morgan fingerprint density at radius 1 is 1.24 bits per heavy atom. The van der Waals surface area contributed by atoms with Crippen LogP contribution in [-0.4, -0.2) is 34.6 Å². The molecule has 3 N–H and O–H groups in total. The molecule has 0 radical (unpaired) electrons. The first-order chi connectivity index (χ1) is 11.3. The maximum atomic E-state index is 13.2. The van der Waals surface area contributed by atoms with Gasteiger partial charge in [0.05, 0.1) is 11.7 Å². The quantitative estimate of drug-likeness (QED) is 0.699. The molecule has 1 amide bonds. The topological polar surface area (TPSA) is 78.8 Å². The molecule has 2 atom stereocenters. The molecule has 1 aromatic rings. The van der Waals surface area contributed by atoms with Crippen molar-refractivity contribution in [2.24, 2.45) is 0 Å². The van der Waals surface area contributed by atoms with Gasteiger partial charge in [-0.15, -0.1) is 0 Å². The van der Waals surface area contributed by atoms with Crippen LogP contribution in [0.1, 0.15) is 44.4 Å². The lowest BCUT2D eigenvalue weighted by Crippen LogP contribution is -2.34. The van der Waals surface area contributed by atoms with E-state index in [0.717, 1.165) is 6.07 Å². The number of halogens is 4. The van der Waals surface area contributed by atoms with Crippen LogP contribution in [0.25, 0.3) is 0 Å². The van der Waals surface area contributed by atoms with Crippen molar-refractivity contribution in [3.05, 3.63) is 35.1 Å². The first-order valence-electron chi connectivity index (χ1n) is 7.51. The van der Waals surface area contributed by atoms with Gasteiger partial charge in [0, 0.05) is 6.54 Å². The number of hydrogen-bond donors (Lipinski definition) is 3. The number of rotatable bonds is 5. The van der Waals surface area contributed by atoms with Gasteiger partial charge in [0.2, 0.25) is 0 Å². The summed E-state index contributed by atoms with van der Waals surface area (Å²) in [5.74, 6) is -1.47. The van der Waals surface area contributed by atoms with Gasteiger partial charge >= 0.3 is 12.3 Å². The molecular weight excluding hydrogens is 346 g/mol. The summed E-state index contributed by atoms with van der Waals surface area (Å²) in [4.78, 5) is 11.4. The van der Waals surface area contributed by atoms with E-state index >= 15 is 0 Å². The van der Waals surface area contributed by atoms with Crippen molar-refractivity contribution in [3.8, 4) is 0 Å². The number of hydrogen-bond acceptors (Lipinski definition) is 4. The fraction of sp³-hybridized carbons (Fsp3) is 0.562. The van der Waals surface area contributed by atoms with Crippen LogP contribution in [0, 0.1) is 5.82 Å². The van der Waals surface area contributed by atoms with Gasteiger partial charge in [-0.05, 0) is 44.9 Å². The fourth-order valence-electron chi connectivity index (χ4n) is 1.96. The van der Waals surface area contributed by atoms with Gasteiger partial charge in [0.1, 0.15) is 17.5 Å². The molecule has 0 aliphatic rings.